The molecule has 0 saturated heterocycles. The van der Waals surface area contributed by atoms with Crippen molar-refractivity contribution in [3.63, 3.8) is 0 Å². The van der Waals surface area contributed by atoms with Crippen molar-refractivity contribution in [1.82, 2.24) is 0 Å². The maximum absolute atomic E-state index is 5.24. The van der Waals surface area contributed by atoms with Crippen molar-refractivity contribution >= 4 is 0 Å². The van der Waals surface area contributed by atoms with Gasteiger partial charge in [-0.05, 0) is 6.54 Å². The summed E-state index contributed by atoms with van der Waals surface area (Å²) in [5, 5.41) is 0. The molecule has 2 N–H and O–H groups in total. The summed E-state index contributed by atoms with van der Waals surface area (Å²) in [4.78, 5) is 0. The molecule has 1 atom stereocenters. The summed E-state index contributed by atoms with van der Waals surface area (Å²) in [6.45, 7) is 6.53. The Balaban J connectivity index is 0. The van der Waals surface area contributed by atoms with Crippen LogP contribution in [-0.4, -0.2) is 6.54 Å². The summed E-state index contributed by atoms with van der Waals surface area (Å²) in [6, 6.07) is 0. The number of nitrogens with two attached hydrogens (primary N) is 1. The van der Waals surface area contributed by atoms with Gasteiger partial charge in [-0.25, -0.2) is 0 Å². The first-order chi connectivity index (χ1) is 2.81. The van der Waals surface area contributed by atoms with Crippen LogP contribution in [0.4, 0.5) is 0 Å². The van der Waals surface area contributed by atoms with Crippen molar-refractivity contribution in [2.45, 2.75) is 13.3 Å². The first kappa shape index (κ1) is 10.9. The molecule has 0 amide bonds. The van der Waals surface area contributed by atoms with E-state index in [1.807, 2.05) is 0 Å². The van der Waals surface area contributed by atoms with Gasteiger partial charge in [-0.15, -0.1) is 0 Å². The molecule has 0 spiro atoms. The second kappa shape index (κ2) is 7.01. The van der Waals surface area contributed by atoms with Gasteiger partial charge < -0.3 is 12.7 Å². The van der Waals surface area contributed by atoms with Crippen molar-refractivity contribution in [3.8, 4) is 0 Å². The summed E-state index contributed by atoms with van der Waals surface area (Å²) in [6.07, 6.45) is 0.955. The summed E-state index contributed by atoms with van der Waals surface area (Å²) in [5.74, 6) is 0.602. The smallest absolute Gasteiger partial charge is 0 e. The van der Waals surface area contributed by atoms with Crippen LogP contribution in [0.3, 0.4) is 0 Å². The van der Waals surface area contributed by atoms with Gasteiger partial charge in [0.15, 0.2) is 0 Å². The molecule has 0 aliphatic rings. The molecule has 0 fully saturated rings. The molecule has 2 heteroatoms. The van der Waals surface area contributed by atoms with Crippen LogP contribution >= 0.6 is 0 Å². The monoisotopic (exact) mass is 324 g/mol. The van der Waals surface area contributed by atoms with Crippen LogP contribution in [0.2, 0.25) is 0 Å². The molecule has 0 aromatic heterocycles. The predicted octanol–water partition coefficient (Wildman–Crippen LogP) is 0.805. The van der Waals surface area contributed by atoms with Crippen molar-refractivity contribution in [3.05, 3.63) is 6.92 Å². The summed E-state index contributed by atoms with van der Waals surface area (Å²) in [5.41, 5.74) is 5.24. The molecule has 0 aliphatic heterocycles. The van der Waals surface area contributed by atoms with Crippen LogP contribution in [0.25, 0.3) is 0 Å². The molecule has 0 aromatic rings. The molecule has 7 heavy (non-hydrogen) atoms. The molecule has 1 unspecified atom stereocenters. The Morgan fingerprint density at radius 3 is 2.14 bits per heavy atom. The molecule has 0 bridgehead atoms. The Labute approximate surface area is 69.4 Å². The van der Waals surface area contributed by atoms with Crippen LogP contribution in [0, 0.1) is 44.0 Å². The zero-order chi connectivity index (χ0) is 4.99. The van der Waals surface area contributed by atoms with E-state index in [0.717, 1.165) is 13.0 Å². The summed E-state index contributed by atoms with van der Waals surface area (Å²) >= 11 is 0. The van der Waals surface area contributed by atoms with E-state index in [1.54, 1.807) is 0 Å². The Hall–Kier alpha value is 1.01. The molecule has 0 radical (unpaired) electrons. The first-order valence-corrected chi connectivity index (χ1v) is 2.30. The topological polar surface area (TPSA) is 26.0 Å². The van der Waals surface area contributed by atoms with Gasteiger partial charge in [0.05, 0.1) is 0 Å². The van der Waals surface area contributed by atoms with Gasteiger partial charge in [-0.3, -0.25) is 0 Å². The van der Waals surface area contributed by atoms with E-state index in [9.17, 15) is 0 Å². The SMILES string of the molecule is [CH2-]CC(C)CN.[U]. The van der Waals surface area contributed by atoms with Crippen molar-refractivity contribution in [2.24, 2.45) is 11.7 Å². The molecule has 42 valence electrons. The third kappa shape index (κ3) is 7.01. The Bertz CT molecular complexity index is 27.3. The number of hydrogen-bond donors (Lipinski definition) is 1. The van der Waals surface area contributed by atoms with Crippen LogP contribution in [0.15, 0.2) is 0 Å². The summed E-state index contributed by atoms with van der Waals surface area (Å²) < 4.78 is 0. The minimum atomic E-state index is 0. The summed E-state index contributed by atoms with van der Waals surface area (Å²) in [7, 11) is 0. The van der Waals surface area contributed by atoms with Gasteiger partial charge in [0.2, 0.25) is 0 Å². The van der Waals surface area contributed by atoms with E-state index < -0.39 is 0 Å². The van der Waals surface area contributed by atoms with Crippen LogP contribution < -0.4 is 5.73 Å². The van der Waals surface area contributed by atoms with Gasteiger partial charge in [0.1, 0.15) is 0 Å². The van der Waals surface area contributed by atoms with Crippen molar-refractivity contribution in [1.29, 1.82) is 0 Å². The van der Waals surface area contributed by atoms with E-state index in [2.05, 4.69) is 13.8 Å². The maximum atomic E-state index is 5.24. The van der Waals surface area contributed by atoms with E-state index in [0.29, 0.717) is 5.92 Å². The standard InChI is InChI=1S/C5H12N.U/c1-3-5(2)4-6;/h5H,1,3-4,6H2,2H3;/q-1;. The third-order valence-electron chi connectivity index (χ3n) is 0.895. The van der Waals surface area contributed by atoms with Crippen LogP contribution in [-0.2, 0) is 0 Å². The Morgan fingerprint density at radius 1 is 1.71 bits per heavy atom. The second-order valence-electron chi connectivity index (χ2n) is 1.63. The van der Waals surface area contributed by atoms with Gasteiger partial charge in [0.25, 0.3) is 0 Å². The molecule has 0 saturated carbocycles. The van der Waals surface area contributed by atoms with Crippen molar-refractivity contribution in [2.75, 3.05) is 6.54 Å². The molecular formula is C5H12NU-. The van der Waals surface area contributed by atoms with Crippen LogP contribution in [0.5, 0.6) is 0 Å². The Morgan fingerprint density at radius 2 is 2.14 bits per heavy atom. The van der Waals surface area contributed by atoms with Gasteiger partial charge >= 0.3 is 0 Å². The zero-order valence-electron chi connectivity index (χ0n) is 4.78. The minimum absolute atomic E-state index is 0. The molecule has 0 heterocycles. The largest absolute Gasteiger partial charge is 0.343 e. The fourth-order valence-corrected chi connectivity index (χ4v) is 0.118. The average molecular weight is 324 g/mol. The van der Waals surface area contributed by atoms with Crippen molar-refractivity contribution < 1.29 is 31.1 Å². The maximum Gasteiger partial charge on any atom is 0 e. The third-order valence-corrected chi connectivity index (χ3v) is 0.895. The normalized spacial score (nSPS) is 12.4. The van der Waals surface area contributed by atoms with E-state index in [4.69, 9.17) is 5.73 Å². The number of hydrogen-bond acceptors (Lipinski definition) is 1. The predicted molar refractivity (Wildman–Crippen MR) is 28.2 cm³/mol. The molecule has 0 rings (SSSR count). The van der Waals surface area contributed by atoms with E-state index in [-0.39, 0.29) is 31.1 Å². The van der Waals surface area contributed by atoms with Gasteiger partial charge in [0, 0.05) is 31.1 Å². The number of rotatable bonds is 2. The fourth-order valence-electron chi connectivity index (χ4n) is 0.118. The average Bonchev–Trinajstić information content (AvgIpc) is 1.65. The van der Waals surface area contributed by atoms with E-state index >= 15 is 0 Å². The van der Waals surface area contributed by atoms with Gasteiger partial charge in [-0.2, -0.15) is 6.42 Å². The van der Waals surface area contributed by atoms with E-state index in [1.165, 1.54) is 0 Å². The fraction of sp³-hybridized carbons (Fsp3) is 0.800. The molecule has 1 nitrogen and oxygen atoms in total. The Kier molecular flexibility index (Phi) is 10.9. The molecule has 0 aromatic carbocycles. The zero-order valence-corrected chi connectivity index (χ0v) is 8.94. The molecular weight excluding hydrogens is 312 g/mol. The quantitative estimate of drug-likeness (QED) is 0.748. The molecule has 0 aliphatic carbocycles. The van der Waals surface area contributed by atoms with Gasteiger partial charge in [-0.1, -0.05) is 12.8 Å². The van der Waals surface area contributed by atoms with Crippen LogP contribution in [0.1, 0.15) is 13.3 Å². The second-order valence-corrected chi connectivity index (χ2v) is 1.63. The first-order valence-electron chi connectivity index (χ1n) is 2.30. The minimum Gasteiger partial charge on any atom is -0.343 e.